The average molecular weight is 216 g/mol. The molecule has 0 fully saturated rings. The van der Waals surface area contributed by atoms with E-state index in [-0.39, 0.29) is 11.3 Å². The van der Waals surface area contributed by atoms with Crippen LogP contribution in [0.25, 0.3) is 0 Å². The van der Waals surface area contributed by atoms with Crippen molar-refractivity contribution in [2.24, 2.45) is 0 Å². The second kappa shape index (κ2) is 3.08. The van der Waals surface area contributed by atoms with Crippen molar-refractivity contribution in [3.05, 3.63) is 20.9 Å². The summed E-state index contributed by atoms with van der Waals surface area (Å²) in [6.45, 7) is 5.96. The van der Waals surface area contributed by atoms with Gasteiger partial charge < -0.3 is 0 Å². The average Bonchev–Trinajstić information content (AvgIpc) is 2.50. The monoisotopic (exact) mass is 216 g/mol. The molecule has 1 aliphatic rings. The van der Waals surface area contributed by atoms with E-state index in [1.807, 2.05) is 13.8 Å². The first-order valence-electron chi connectivity index (χ1n) is 4.97. The zero-order valence-corrected chi connectivity index (χ0v) is 9.90. The maximum Gasteiger partial charge on any atom is 0.0930 e. The van der Waals surface area contributed by atoms with Crippen LogP contribution in [0.1, 0.15) is 40.6 Å². The number of rotatable bonds is 1. The molecular weight excluding hydrogens is 204 g/mol. The zero-order valence-electron chi connectivity index (χ0n) is 9.09. The third-order valence-electron chi connectivity index (χ3n) is 3.17. The highest BCUT2D eigenvalue weighted by Gasteiger charge is 2.43. The van der Waals surface area contributed by atoms with Crippen molar-refractivity contribution in [1.29, 1.82) is 10.5 Å². The van der Waals surface area contributed by atoms with Gasteiger partial charge in [0, 0.05) is 9.75 Å². The van der Waals surface area contributed by atoms with Gasteiger partial charge in [-0.3, -0.25) is 0 Å². The van der Waals surface area contributed by atoms with E-state index in [0.717, 1.165) is 11.3 Å². The molecule has 0 amide bonds. The Balaban J connectivity index is 2.51. The van der Waals surface area contributed by atoms with E-state index >= 15 is 0 Å². The molecule has 0 radical (unpaired) electrons. The van der Waals surface area contributed by atoms with E-state index in [9.17, 15) is 0 Å². The van der Waals surface area contributed by atoms with Crippen LogP contribution in [0.5, 0.6) is 0 Å². The molecule has 3 heteroatoms. The Morgan fingerprint density at radius 2 is 2.13 bits per heavy atom. The lowest BCUT2D eigenvalue weighted by Gasteiger charge is -2.31. The summed E-state index contributed by atoms with van der Waals surface area (Å²) < 4.78 is 0. The van der Waals surface area contributed by atoms with Crippen molar-refractivity contribution >= 4 is 11.3 Å². The number of nitriles is 2. The number of thiophene rings is 1. The highest BCUT2D eigenvalue weighted by molar-refractivity contribution is 7.13. The fourth-order valence-corrected chi connectivity index (χ4v) is 3.53. The third kappa shape index (κ3) is 1.20. The Bertz CT molecular complexity index is 490. The Morgan fingerprint density at radius 3 is 2.67 bits per heavy atom. The van der Waals surface area contributed by atoms with Crippen molar-refractivity contribution in [3.63, 3.8) is 0 Å². The summed E-state index contributed by atoms with van der Waals surface area (Å²) in [5, 5.41) is 18.0. The molecule has 76 valence electrons. The Morgan fingerprint density at radius 1 is 1.47 bits per heavy atom. The van der Waals surface area contributed by atoms with Gasteiger partial charge in [-0.25, -0.2) is 0 Å². The first-order valence-corrected chi connectivity index (χ1v) is 5.78. The van der Waals surface area contributed by atoms with Crippen LogP contribution in [0.2, 0.25) is 0 Å². The fourth-order valence-electron chi connectivity index (χ4n) is 2.11. The number of nitrogens with zero attached hydrogens (tertiary/aromatic N) is 2. The molecule has 0 saturated carbocycles. The molecule has 2 atom stereocenters. The van der Waals surface area contributed by atoms with Crippen molar-refractivity contribution < 1.29 is 0 Å². The summed E-state index contributed by atoms with van der Waals surface area (Å²) in [5.41, 5.74) is 2.25. The van der Waals surface area contributed by atoms with Crippen LogP contribution in [0.15, 0.2) is 0 Å². The van der Waals surface area contributed by atoms with Crippen LogP contribution < -0.4 is 0 Å². The van der Waals surface area contributed by atoms with E-state index in [4.69, 9.17) is 10.5 Å². The van der Waals surface area contributed by atoms with Crippen molar-refractivity contribution in [3.8, 4) is 12.1 Å². The van der Waals surface area contributed by atoms with Gasteiger partial charge in [0.1, 0.15) is 0 Å². The van der Waals surface area contributed by atoms with Gasteiger partial charge in [0.2, 0.25) is 0 Å². The lowest BCUT2D eigenvalue weighted by molar-refractivity contribution is 0.545. The first-order chi connectivity index (χ1) is 7.03. The predicted octanol–water partition coefficient (Wildman–Crippen LogP) is 3.02. The number of fused-ring (bicyclic) bond motifs is 1. The minimum atomic E-state index is -0.293. The molecule has 0 N–H and O–H groups in total. The lowest BCUT2D eigenvalue weighted by atomic mass is 9.71. The number of hydrogen-bond donors (Lipinski definition) is 0. The highest BCUT2D eigenvalue weighted by atomic mass is 32.1. The van der Waals surface area contributed by atoms with Crippen LogP contribution in [0.4, 0.5) is 0 Å². The van der Waals surface area contributed by atoms with E-state index in [1.165, 1.54) is 16.0 Å². The molecule has 0 spiro atoms. The topological polar surface area (TPSA) is 47.6 Å². The largest absolute Gasteiger partial charge is 0.198 e. The molecule has 2 unspecified atom stereocenters. The SMILES string of the molecule is Cc1c(C(C)C#N)sc2c1CC2(C)C#N. The Labute approximate surface area is 93.8 Å². The molecule has 1 aliphatic carbocycles. The molecular formula is C12H12N2S. The van der Waals surface area contributed by atoms with Crippen LogP contribution >= 0.6 is 11.3 Å². The third-order valence-corrected chi connectivity index (χ3v) is 4.95. The van der Waals surface area contributed by atoms with Crippen LogP contribution in [-0.4, -0.2) is 0 Å². The zero-order chi connectivity index (χ0) is 11.2. The first kappa shape index (κ1) is 10.2. The molecule has 2 nitrogen and oxygen atoms in total. The molecule has 0 aliphatic heterocycles. The summed E-state index contributed by atoms with van der Waals surface area (Å²) in [5.74, 6) is -0.0523. The number of hydrogen-bond acceptors (Lipinski definition) is 3. The molecule has 1 aromatic rings. The normalized spacial score (nSPS) is 24.6. The van der Waals surface area contributed by atoms with Gasteiger partial charge in [-0.15, -0.1) is 11.3 Å². The molecule has 0 saturated heterocycles. The molecule has 1 aromatic heterocycles. The van der Waals surface area contributed by atoms with E-state index in [2.05, 4.69) is 19.1 Å². The van der Waals surface area contributed by atoms with E-state index in [0.29, 0.717) is 0 Å². The molecule has 2 rings (SSSR count). The summed E-state index contributed by atoms with van der Waals surface area (Å²) in [7, 11) is 0. The van der Waals surface area contributed by atoms with Gasteiger partial charge in [0.15, 0.2) is 0 Å². The predicted molar refractivity (Wildman–Crippen MR) is 59.8 cm³/mol. The fraction of sp³-hybridized carbons (Fsp3) is 0.500. The van der Waals surface area contributed by atoms with E-state index in [1.54, 1.807) is 11.3 Å². The summed E-state index contributed by atoms with van der Waals surface area (Å²) in [6.07, 6.45) is 0.847. The van der Waals surface area contributed by atoms with Gasteiger partial charge in [-0.1, -0.05) is 0 Å². The van der Waals surface area contributed by atoms with E-state index < -0.39 is 0 Å². The van der Waals surface area contributed by atoms with Gasteiger partial charge in [0.05, 0.1) is 23.5 Å². The van der Waals surface area contributed by atoms with Gasteiger partial charge in [-0.05, 0) is 38.3 Å². The highest BCUT2D eigenvalue weighted by Crippen LogP contribution is 2.49. The molecule has 15 heavy (non-hydrogen) atoms. The Hall–Kier alpha value is -1.32. The van der Waals surface area contributed by atoms with Crippen LogP contribution in [0, 0.1) is 29.6 Å². The van der Waals surface area contributed by atoms with Crippen LogP contribution in [0.3, 0.4) is 0 Å². The minimum Gasteiger partial charge on any atom is -0.198 e. The maximum absolute atomic E-state index is 9.08. The minimum absolute atomic E-state index is 0.0523. The van der Waals surface area contributed by atoms with Crippen LogP contribution in [-0.2, 0) is 11.8 Å². The van der Waals surface area contributed by atoms with Crippen molar-refractivity contribution in [2.75, 3.05) is 0 Å². The lowest BCUT2D eigenvalue weighted by Crippen LogP contribution is -2.32. The van der Waals surface area contributed by atoms with Crippen molar-refractivity contribution in [2.45, 2.75) is 38.5 Å². The standard InChI is InChI=1S/C12H12N2S/c1-7(5-13)10-8(2)9-4-12(3,6-14)11(9)15-10/h7H,4H2,1-3H3. The van der Waals surface area contributed by atoms with Gasteiger partial charge >= 0.3 is 0 Å². The molecule has 1 heterocycles. The second-order valence-electron chi connectivity index (χ2n) is 4.37. The summed E-state index contributed by atoms with van der Waals surface area (Å²) in [4.78, 5) is 2.32. The Kier molecular flexibility index (Phi) is 2.10. The molecule has 0 aromatic carbocycles. The molecule has 0 bridgehead atoms. The van der Waals surface area contributed by atoms with Gasteiger partial charge in [-0.2, -0.15) is 10.5 Å². The smallest absolute Gasteiger partial charge is 0.0930 e. The van der Waals surface area contributed by atoms with Gasteiger partial charge in [0.25, 0.3) is 0 Å². The van der Waals surface area contributed by atoms with Crippen molar-refractivity contribution in [1.82, 2.24) is 0 Å². The maximum atomic E-state index is 9.08. The summed E-state index contributed by atoms with van der Waals surface area (Å²) >= 11 is 1.65. The quantitative estimate of drug-likeness (QED) is 0.724. The summed E-state index contributed by atoms with van der Waals surface area (Å²) in [6, 6.07) is 4.62. The second-order valence-corrected chi connectivity index (χ2v) is 5.42.